The van der Waals surface area contributed by atoms with Crippen LogP contribution in [-0.2, 0) is 31.9 Å². The van der Waals surface area contributed by atoms with Gasteiger partial charge in [0.25, 0.3) is 0 Å². The molecule has 2 aromatic rings. The van der Waals surface area contributed by atoms with Gasteiger partial charge in [-0.15, -0.1) is 0 Å². The van der Waals surface area contributed by atoms with Crippen molar-refractivity contribution >= 4 is 29.4 Å². The number of amides is 2. The van der Waals surface area contributed by atoms with Gasteiger partial charge in [-0.25, -0.2) is 9.78 Å². The van der Waals surface area contributed by atoms with E-state index in [-0.39, 0.29) is 36.8 Å². The number of nitrogens with one attached hydrogen (secondary N) is 2. The molecule has 0 saturated carbocycles. The zero-order valence-corrected chi connectivity index (χ0v) is 21.5. The monoisotopic (exact) mass is 498 g/mol. The molecule has 10 nitrogen and oxygen atoms in total. The maximum absolute atomic E-state index is 13.3. The number of Topliss-reactive ketones (excluding diaryl/α,β-unsaturated/α-hetero) is 1. The number of carbonyl (C=O) groups is 4. The van der Waals surface area contributed by atoms with Gasteiger partial charge in [0.15, 0.2) is 5.78 Å². The highest BCUT2D eigenvalue weighted by atomic mass is 16.6. The third-order valence-electron chi connectivity index (χ3n) is 5.69. The highest BCUT2D eigenvalue weighted by Gasteiger charge is 2.37. The number of hydrogen-bond donors (Lipinski definition) is 2. The van der Waals surface area contributed by atoms with E-state index in [1.165, 1.54) is 7.11 Å². The maximum atomic E-state index is 13.3. The van der Waals surface area contributed by atoms with E-state index in [4.69, 9.17) is 4.74 Å². The lowest BCUT2D eigenvalue weighted by Crippen LogP contribution is -2.42. The van der Waals surface area contributed by atoms with Crippen molar-refractivity contribution in [2.75, 3.05) is 18.6 Å². The third kappa shape index (κ3) is 6.50. The lowest BCUT2D eigenvalue weighted by atomic mass is 10.1. The van der Waals surface area contributed by atoms with Gasteiger partial charge in [-0.3, -0.25) is 19.3 Å². The molecular weight excluding hydrogens is 464 g/mol. The number of nitrogens with zero attached hydrogens (tertiary/aromatic N) is 2. The summed E-state index contributed by atoms with van der Waals surface area (Å²) in [7, 11) is 1.28. The minimum atomic E-state index is -0.684. The van der Waals surface area contributed by atoms with E-state index >= 15 is 0 Å². The first-order valence-corrected chi connectivity index (χ1v) is 12.1. The predicted molar refractivity (Wildman–Crippen MR) is 133 cm³/mol. The first kappa shape index (κ1) is 26.9. The average molecular weight is 499 g/mol. The number of benzene rings is 1. The van der Waals surface area contributed by atoms with Crippen molar-refractivity contribution in [3.05, 3.63) is 47.0 Å². The zero-order chi connectivity index (χ0) is 26.5. The summed E-state index contributed by atoms with van der Waals surface area (Å²) in [6.45, 7) is 6.97. The van der Waals surface area contributed by atoms with Crippen molar-refractivity contribution < 1.29 is 28.7 Å². The predicted octanol–water partition coefficient (Wildman–Crippen LogP) is 3.65. The molecule has 0 aliphatic carbocycles. The molecule has 0 spiro atoms. The van der Waals surface area contributed by atoms with Crippen molar-refractivity contribution in [1.29, 1.82) is 0 Å². The van der Waals surface area contributed by atoms with Crippen LogP contribution in [0.1, 0.15) is 80.6 Å². The molecule has 194 valence electrons. The van der Waals surface area contributed by atoms with Crippen LogP contribution in [0.4, 0.5) is 10.5 Å². The minimum Gasteiger partial charge on any atom is -0.469 e. The van der Waals surface area contributed by atoms with Crippen LogP contribution < -0.4 is 10.2 Å². The molecule has 36 heavy (non-hydrogen) atoms. The number of methoxy groups -OCH3 is 1. The Morgan fingerprint density at radius 3 is 2.56 bits per heavy atom. The SMILES string of the molecule is CCCc1[nH]c(C2Cc3ccccc3N2C(=O)CNC(=O)OC(C)(C)C)nc1C(=O)CCC(=O)OC. The fraction of sp³-hybridized carbons (Fsp3) is 0.500. The van der Waals surface area contributed by atoms with Crippen LogP contribution in [0.25, 0.3) is 0 Å². The molecule has 1 atom stereocenters. The van der Waals surface area contributed by atoms with Gasteiger partial charge >= 0.3 is 12.1 Å². The van der Waals surface area contributed by atoms with Crippen LogP contribution in [0.15, 0.2) is 24.3 Å². The van der Waals surface area contributed by atoms with Crippen LogP contribution in [0.5, 0.6) is 0 Å². The smallest absolute Gasteiger partial charge is 0.408 e. The Bertz CT molecular complexity index is 1130. The quantitative estimate of drug-likeness (QED) is 0.398. The number of imidazole rings is 1. The Morgan fingerprint density at radius 1 is 1.17 bits per heavy atom. The molecule has 1 aromatic carbocycles. The molecule has 0 bridgehead atoms. The molecule has 1 aliphatic heterocycles. The zero-order valence-electron chi connectivity index (χ0n) is 21.5. The molecule has 0 fully saturated rings. The summed E-state index contributed by atoms with van der Waals surface area (Å²) in [5, 5.41) is 2.53. The number of ether oxygens (including phenoxy) is 2. The number of H-pyrrole nitrogens is 1. The Morgan fingerprint density at radius 2 is 1.89 bits per heavy atom. The van der Waals surface area contributed by atoms with E-state index in [0.29, 0.717) is 24.4 Å². The van der Waals surface area contributed by atoms with E-state index in [0.717, 1.165) is 17.7 Å². The Kier molecular flexibility index (Phi) is 8.49. The molecule has 3 rings (SSSR count). The van der Waals surface area contributed by atoms with Gasteiger partial charge in [0, 0.05) is 24.2 Å². The van der Waals surface area contributed by atoms with E-state index < -0.39 is 23.7 Å². The fourth-order valence-electron chi connectivity index (χ4n) is 4.15. The molecule has 0 radical (unpaired) electrons. The highest BCUT2D eigenvalue weighted by molar-refractivity contribution is 5.99. The molecule has 2 N–H and O–H groups in total. The van der Waals surface area contributed by atoms with Gasteiger partial charge in [-0.1, -0.05) is 31.5 Å². The third-order valence-corrected chi connectivity index (χ3v) is 5.69. The summed E-state index contributed by atoms with van der Waals surface area (Å²) in [5.41, 5.74) is 1.96. The summed E-state index contributed by atoms with van der Waals surface area (Å²) in [6.07, 6.45) is 1.16. The standard InChI is InChI=1S/C26H34N4O6/c1-6-9-17-23(20(31)12-13-22(33)35-5)29-24(28-17)19-14-16-10-7-8-11-18(16)30(19)21(32)15-27-25(34)36-26(2,3)4/h7-8,10-11,19H,6,9,12-15H2,1-5H3,(H,27,34)(H,28,29). The number of esters is 1. The second kappa shape index (κ2) is 11.4. The van der Waals surface area contributed by atoms with E-state index in [2.05, 4.69) is 20.0 Å². The van der Waals surface area contributed by atoms with Gasteiger partial charge < -0.3 is 19.8 Å². The molecular formula is C26H34N4O6. The minimum absolute atomic E-state index is 0.0129. The molecule has 2 amide bonds. The van der Waals surface area contributed by atoms with Gasteiger partial charge in [0.05, 0.1) is 19.6 Å². The summed E-state index contributed by atoms with van der Waals surface area (Å²) >= 11 is 0. The number of aryl methyl sites for hydroxylation is 1. The van der Waals surface area contributed by atoms with Crippen LogP contribution >= 0.6 is 0 Å². The average Bonchev–Trinajstić information content (AvgIpc) is 3.41. The van der Waals surface area contributed by atoms with Crippen molar-refractivity contribution in [3.63, 3.8) is 0 Å². The largest absolute Gasteiger partial charge is 0.469 e. The molecule has 10 heteroatoms. The van der Waals surface area contributed by atoms with Crippen LogP contribution in [0.2, 0.25) is 0 Å². The number of rotatable bonds is 9. The second-order valence-electron chi connectivity index (χ2n) is 9.67. The molecule has 2 heterocycles. The van der Waals surface area contributed by atoms with Crippen LogP contribution in [0, 0.1) is 0 Å². The molecule has 0 saturated heterocycles. The summed E-state index contributed by atoms with van der Waals surface area (Å²) < 4.78 is 9.88. The summed E-state index contributed by atoms with van der Waals surface area (Å²) in [5.74, 6) is -0.563. The normalized spacial score (nSPS) is 14.8. The lowest BCUT2D eigenvalue weighted by molar-refractivity contribution is -0.140. The lowest BCUT2D eigenvalue weighted by Gasteiger charge is -2.25. The van der Waals surface area contributed by atoms with Crippen LogP contribution in [-0.4, -0.2) is 53.0 Å². The first-order valence-electron chi connectivity index (χ1n) is 12.1. The Hall–Kier alpha value is -3.69. The summed E-state index contributed by atoms with van der Waals surface area (Å²) in [6, 6.07) is 7.05. The number of fused-ring (bicyclic) bond motifs is 1. The number of anilines is 1. The van der Waals surface area contributed by atoms with E-state index in [1.807, 2.05) is 31.2 Å². The fourth-order valence-corrected chi connectivity index (χ4v) is 4.15. The van der Waals surface area contributed by atoms with Gasteiger partial charge in [-0.05, 0) is 38.8 Å². The topological polar surface area (TPSA) is 131 Å². The Balaban J connectivity index is 1.86. The van der Waals surface area contributed by atoms with Crippen molar-refractivity contribution in [3.8, 4) is 0 Å². The Labute approximate surface area is 210 Å². The van der Waals surface area contributed by atoms with Gasteiger partial charge in [0.1, 0.15) is 23.7 Å². The van der Waals surface area contributed by atoms with Gasteiger partial charge in [-0.2, -0.15) is 0 Å². The summed E-state index contributed by atoms with van der Waals surface area (Å²) in [4.78, 5) is 59.3. The van der Waals surface area contributed by atoms with Crippen molar-refractivity contribution in [2.45, 2.75) is 71.4 Å². The number of para-hydroxylation sites is 1. The molecule has 1 aliphatic rings. The van der Waals surface area contributed by atoms with Gasteiger partial charge in [0.2, 0.25) is 5.91 Å². The van der Waals surface area contributed by atoms with Crippen molar-refractivity contribution in [2.24, 2.45) is 0 Å². The molecule has 1 aromatic heterocycles. The number of aromatic amines is 1. The highest BCUT2D eigenvalue weighted by Crippen LogP contribution is 2.39. The maximum Gasteiger partial charge on any atom is 0.408 e. The number of carbonyl (C=O) groups excluding carboxylic acids is 4. The van der Waals surface area contributed by atoms with E-state index in [1.54, 1.807) is 25.7 Å². The number of aromatic nitrogens is 2. The van der Waals surface area contributed by atoms with E-state index in [9.17, 15) is 19.2 Å². The first-order chi connectivity index (χ1) is 17.0. The number of alkyl carbamates (subject to hydrolysis) is 1. The second-order valence-corrected chi connectivity index (χ2v) is 9.67. The number of ketones is 1. The molecule has 1 unspecified atom stereocenters. The van der Waals surface area contributed by atoms with Crippen molar-refractivity contribution in [1.82, 2.24) is 15.3 Å². The van der Waals surface area contributed by atoms with Crippen LogP contribution in [0.3, 0.4) is 0 Å². The number of hydrogen-bond acceptors (Lipinski definition) is 7.